The number of nitrogens with zero attached hydrogens (tertiary/aromatic N) is 3. The van der Waals surface area contributed by atoms with Crippen LogP contribution in [0.1, 0.15) is 36.7 Å². The fourth-order valence-corrected chi connectivity index (χ4v) is 2.92. The van der Waals surface area contributed by atoms with Crippen LogP contribution in [0, 0.1) is 6.92 Å². The largest absolute Gasteiger partial charge is 0.481 e. The molecule has 0 saturated carbocycles. The van der Waals surface area contributed by atoms with Crippen molar-refractivity contribution in [2.24, 2.45) is 7.05 Å². The Labute approximate surface area is 122 Å². The Kier molecular flexibility index (Phi) is 3.01. The van der Waals surface area contributed by atoms with E-state index in [0.29, 0.717) is 5.92 Å². The van der Waals surface area contributed by atoms with Crippen molar-refractivity contribution in [2.75, 3.05) is 0 Å². The summed E-state index contributed by atoms with van der Waals surface area (Å²) in [7, 11) is 1.93. The van der Waals surface area contributed by atoms with E-state index in [0.717, 1.165) is 28.2 Å². The number of aromatic nitrogens is 3. The molecule has 1 aromatic carbocycles. The van der Waals surface area contributed by atoms with E-state index in [-0.39, 0.29) is 6.42 Å². The lowest BCUT2D eigenvalue weighted by Crippen LogP contribution is -2.05. The van der Waals surface area contributed by atoms with Crippen molar-refractivity contribution in [2.45, 2.75) is 33.1 Å². The van der Waals surface area contributed by atoms with Gasteiger partial charge in [0.15, 0.2) is 0 Å². The zero-order valence-corrected chi connectivity index (χ0v) is 12.7. The van der Waals surface area contributed by atoms with Crippen molar-refractivity contribution in [1.29, 1.82) is 0 Å². The Morgan fingerprint density at radius 1 is 1.38 bits per heavy atom. The maximum atomic E-state index is 11.2. The zero-order chi connectivity index (χ0) is 15.3. The lowest BCUT2D eigenvalue weighted by atomic mass is 10.0. The minimum atomic E-state index is -0.826. The summed E-state index contributed by atoms with van der Waals surface area (Å²) in [6.45, 7) is 6.22. The van der Waals surface area contributed by atoms with Crippen LogP contribution >= 0.6 is 0 Å². The second-order valence-corrected chi connectivity index (χ2v) is 5.78. The van der Waals surface area contributed by atoms with E-state index in [2.05, 4.69) is 19.9 Å². The van der Waals surface area contributed by atoms with Gasteiger partial charge in [-0.25, -0.2) is 4.98 Å². The second kappa shape index (κ2) is 4.62. The van der Waals surface area contributed by atoms with E-state index in [4.69, 9.17) is 10.1 Å². The molecule has 110 valence electrons. The van der Waals surface area contributed by atoms with Gasteiger partial charge in [-0.1, -0.05) is 26.0 Å². The predicted molar refractivity (Wildman–Crippen MR) is 81.8 cm³/mol. The maximum absolute atomic E-state index is 11.2. The second-order valence-electron chi connectivity index (χ2n) is 5.78. The van der Waals surface area contributed by atoms with Gasteiger partial charge in [0.05, 0.1) is 23.1 Å². The highest BCUT2D eigenvalue weighted by atomic mass is 16.4. The number of hydrogen-bond acceptors (Lipinski definition) is 2. The predicted octanol–water partition coefficient (Wildman–Crippen LogP) is 2.88. The average molecular weight is 285 g/mol. The van der Waals surface area contributed by atoms with Crippen molar-refractivity contribution >= 4 is 22.8 Å². The summed E-state index contributed by atoms with van der Waals surface area (Å²) in [5.74, 6) is 0.349. The highest BCUT2D eigenvalue weighted by Crippen LogP contribution is 2.28. The summed E-state index contributed by atoms with van der Waals surface area (Å²) in [4.78, 5) is 15.9. The molecule has 3 aromatic rings. The van der Waals surface area contributed by atoms with Gasteiger partial charge in [-0.05, 0) is 24.5 Å². The van der Waals surface area contributed by atoms with E-state index in [1.165, 1.54) is 5.56 Å². The van der Waals surface area contributed by atoms with Gasteiger partial charge in [0.25, 0.3) is 0 Å². The quantitative estimate of drug-likeness (QED) is 0.805. The fourth-order valence-electron chi connectivity index (χ4n) is 2.92. The van der Waals surface area contributed by atoms with Crippen molar-refractivity contribution in [3.05, 3.63) is 35.2 Å². The van der Waals surface area contributed by atoms with Crippen LogP contribution in [-0.4, -0.2) is 25.0 Å². The normalized spacial score (nSPS) is 11.9. The van der Waals surface area contributed by atoms with Crippen LogP contribution in [-0.2, 0) is 18.3 Å². The maximum Gasteiger partial charge on any atom is 0.309 e. The minimum absolute atomic E-state index is 0.000535. The molecule has 2 aromatic heterocycles. The lowest BCUT2D eigenvalue weighted by Gasteiger charge is -2.06. The molecule has 2 heterocycles. The third-order valence-corrected chi connectivity index (χ3v) is 4.13. The number of rotatable bonds is 3. The van der Waals surface area contributed by atoms with Gasteiger partial charge in [-0.3, -0.25) is 9.20 Å². The van der Waals surface area contributed by atoms with Crippen LogP contribution in [0.15, 0.2) is 18.2 Å². The Bertz CT molecular complexity index is 856. The SMILES string of the molecule is Cc1c(CC(=O)O)n2c3cccc(C(C)C)c3nc2n1C. The van der Waals surface area contributed by atoms with Gasteiger partial charge in [-0.2, -0.15) is 0 Å². The van der Waals surface area contributed by atoms with Crippen molar-refractivity contribution in [3.63, 3.8) is 0 Å². The number of carbonyl (C=O) groups is 1. The van der Waals surface area contributed by atoms with E-state index in [9.17, 15) is 4.79 Å². The van der Waals surface area contributed by atoms with Gasteiger partial charge in [0.1, 0.15) is 0 Å². The molecule has 0 fully saturated rings. The van der Waals surface area contributed by atoms with Crippen LogP contribution < -0.4 is 0 Å². The first-order chi connectivity index (χ1) is 9.91. The molecule has 0 aliphatic carbocycles. The minimum Gasteiger partial charge on any atom is -0.481 e. The first-order valence-corrected chi connectivity index (χ1v) is 7.08. The first kappa shape index (κ1) is 13.7. The Morgan fingerprint density at radius 2 is 2.10 bits per heavy atom. The number of para-hydroxylation sites is 1. The molecule has 21 heavy (non-hydrogen) atoms. The van der Waals surface area contributed by atoms with Crippen LogP contribution in [0.5, 0.6) is 0 Å². The molecule has 0 aliphatic rings. The molecule has 3 rings (SSSR count). The van der Waals surface area contributed by atoms with Gasteiger partial charge in [0.2, 0.25) is 5.78 Å². The standard InChI is InChI=1S/C16H19N3O2/c1-9(2)11-6-5-7-12-15(11)17-16-18(4)10(3)13(19(12)16)8-14(20)21/h5-7,9H,8H2,1-4H3,(H,20,21). The Balaban J connectivity index is 2.43. The van der Waals surface area contributed by atoms with Crippen LogP contribution in [0.2, 0.25) is 0 Å². The number of aryl methyl sites for hydroxylation is 1. The molecule has 0 saturated heterocycles. The van der Waals surface area contributed by atoms with Gasteiger partial charge in [-0.15, -0.1) is 0 Å². The highest BCUT2D eigenvalue weighted by molar-refractivity contribution is 5.84. The molecule has 0 unspecified atom stereocenters. The van der Waals surface area contributed by atoms with Crippen molar-refractivity contribution < 1.29 is 9.90 Å². The highest BCUT2D eigenvalue weighted by Gasteiger charge is 2.20. The molecule has 0 spiro atoms. The molecule has 0 amide bonds. The topological polar surface area (TPSA) is 59.5 Å². The van der Waals surface area contributed by atoms with Gasteiger partial charge >= 0.3 is 5.97 Å². The Morgan fingerprint density at radius 3 is 2.71 bits per heavy atom. The average Bonchev–Trinajstić information content (AvgIpc) is 2.90. The lowest BCUT2D eigenvalue weighted by molar-refractivity contribution is -0.136. The summed E-state index contributed by atoms with van der Waals surface area (Å²) >= 11 is 0. The molecule has 0 radical (unpaired) electrons. The molecule has 0 bridgehead atoms. The summed E-state index contributed by atoms with van der Waals surface area (Å²) in [5, 5.41) is 9.17. The summed E-state index contributed by atoms with van der Waals surface area (Å²) in [6, 6.07) is 6.10. The summed E-state index contributed by atoms with van der Waals surface area (Å²) in [6.07, 6.45) is 0.000535. The monoisotopic (exact) mass is 285 g/mol. The summed E-state index contributed by atoms with van der Waals surface area (Å²) in [5.41, 5.74) is 4.87. The molecular weight excluding hydrogens is 266 g/mol. The number of imidazole rings is 2. The number of aliphatic carboxylic acids is 1. The summed E-state index contributed by atoms with van der Waals surface area (Å²) < 4.78 is 3.94. The van der Waals surface area contributed by atoms with Crippen molar-refractivity contribution in [1.82, 2.24) is 14.0 Å². The van der Waals surface area contributed by atoms with Crippen LogP contribution in [0.4, 0.5) is 0 Å². The molecule has 0 aliphatic heterocycles. The number of benzene rings is 1. The van der Waals surface area contributed by atoms with E-state index in [1.54, 1.807) is 0 Å². The number of carboxylic acids is 1. The van der Waals surface area contributed by atoms with Gasteiger partial charge in [0, 0.05) is 12.7 Å². The van der Waals surface area contributed by atoms with E-state index < -0.39 is 5.97 Å². The van der Waals surface area contributed by atoms with E-state index >= 15 is 0 Å². The molecule has 0 atom stereocenters. The molecule has 5 nitrogen and oxygen atoms in total. The van der Waals surface area contributed by atoms with Gasteiger partial charge < -0.3 is 9.67 Å². The molecule has 5 heteroatoms. The van der Waals surface area contributed by atoms with Crippen LogP contribution in [0.25, 0.3) is 16.8 Å². The fraction of sp³-hybridized carbons (Fsp3) is 0.375. The third-order valence-electron chi connectivity index (χ3n) is 4.13. The molecular formula is C16H19N3O2. The smallest absolute Gasteiger partial charge is 0.309 e. The first-order valence-electron chi connectivity index (χ1n) is 7.08. The molecule has 1 N–H and O–H groups in total. The number of hydrogen-bond donors (Lipinski definition) is 1. The van der Waals surface area contributed by atoms with Crippen LogP contribution in [0.3, 0.4) is 0 Å². The number of fused-ring (bicyclic) bond motifs is 3. The van der Waals surface area contributed by atoms with E-state index in [1.807, 2.05) is 35.1 Å². The third kappa shape index (κ3) is 1.92. The Hall–Kier alpha value is -2.30. The number of carboxylic acid groups (broad SMARTS) is 1. The zero-order valence-electron chi connectivity index (χ0n) is 12.7. The van der Waals surface area contributed by atoms with Crippen molar-refractivity contribution in [3.8, 4) is 0 Å².